The molecule has 2 aromatic carbocycles. The molecule has 0 radical (unpaired) electrons. The van der Waals surface area contributed by atoms with Gasteiger partial charge < -0.3 is 10.2 Å². The number of rotatable bonds is 7. The van der Waals surface area contributed by atoms with Crippen molar-refractivity contribution < 1.29 is 9.69 Å². The summed E-state index contributed by atoms with van der Waals surface area (Å²) in [6, 6.07) is 18.8. The van der Waals surface area contributed by atoms with Gasteiger partial charge in [0.15, 0.2) is 0 Å². The van der Waals surface area contributed by atoms with E-state index < -0.39 is 0 Å². The summed E-state index contributed by atoms with van der Waals surface area (Å²) in [5.74, 6) is 0.115. The maximum absolute atomic E-state index is 12.0. The first kappa shape index (κ1) is 16.7. The lowest BCUT2D eigenvalue weighted by Gasteiger charge is -2.12. The predicted octanol–water partition coefficient (Wildman–Crippen LogP) is 2.11. The molecule has 1 aliphatic rings. The Balaban J connectivity index is 1.40. The van der Waals surface area contributed by atoms with Crippen molar-refractivity contribution in [3.8, 4) is 0 Å². The third-order valence-electron chi connectivity index (χ3n) is 4.76. The normalized spacial score (nSPS) is 14.7. The SMILES string of the molecule is O=C(CCc1ccccc1)NCc1ccc(C[NH+]2CCCC2)cc1. The zero-order chi connectivity index (χ0) is 16.6. The lowest BCUT2D eigenvalue weighted by Crippen LogP contribution is -3.08. The molecule has 0 saturated carbocycles. The number of hydrogen-bond acceptors (Lipinski definition) is 1. The van der Waals surface area contributed by atoms with Crippen LogP contribution in [0.15, 0.2) is 54.6 Å². The quantitative estimate of drug-likeness (QED) is 0.804. The van der Waals surface area contributed by atoms with E-state index in [1.165, 1.54) is 42.6 Å². The first-order valence-corrected chi connectivity index (χ1v) is 9.01. The Bertz CT molecular complexity index is 631. The number of amides is 1. The maximum atomic E-state index is 12.0. The smallest absolute Gasteiger partial charge is 0.220 e. The van der Waals surface area contributed by atoms with E-state index in [9.17, 15) is 4.79 Å². The Morgan fingerprint density at radius 3 is 2.25 bits per heavy atom. The Hall–Kier alpha value is -2.13. The van der Waals surface area contributed by atoms with Crippen molar-refractivity contribution in [3.63, 3.8) is 0 Å². The average Bonchev–Trinajstić information content (AvgIpc) is 3.13. The summed E-state index contributed by atoms with van der Waals surface area (Å²) < 4.78 is 0. The molecule has 1 aliphatic heterocycles. The van der Waals surface area contributed by atoms with Gasteiger partial charge in [-0.3, -0.25) is 4.79 Å². The van der Waals surface area contributed by atoms with Gasteiger partial charge in [-0.2, -0.15) is 0 Å². The molecule has 0 spiro atoms. The molecule has 2 aromatic rings. The summed E-state index contributed by atoms with van der Waals surface area (Å²) in [7, 11) is 0. The fraction of sp³-hybridized carbons (Fsp3) is 0.381. The molecule has 3 rings (SSSR count). The molecule has 0 bridgehead atoms. The van der Waals surface area contributed by atoms with Gasteiger partial charge in [0.05, 0.1) is 13.1 Å². The molecule has 3 heteroatoms. The molecule has 0 atom stereocenters. The van der Waals surface area contributed by atoms with Gasteiger partial charge in [-0.25, -0.2) is 0 Å². The number of nitrogens with one attached hydrogen (secondary N) is 2. The van der Waals surface area contributed by atoms with Gasteiger partial charge in [0.25, 0.3) is 0 Å². The van der Waals surface area contributed by atoms with Crippen LogP contribution in [0.2, 0.25) is 0 Å². The minimum atomic E-state index is 0.115. The largest absolute Gasteiger partial charge is 0.352 e. The molecule has 2 N–H and O–H groups in total. The van der Waals surface area contributed by atoms with Crippen molar-refractivity contribution in [2.24, 2.45) is 0 Å². The van der Waals surface area contributed by atoms with Crippen molar-refractivity contribution in [2.45, 2.75) is 38.8 Å². The first-order chi connectivity index (χ1) is 11.8. The van der Waals surface area contributed by atoms with Gasteiger partial charge >= 0.3 is 0 Å². The van der Waals surface area contributed by atoms with E-state index in [0.717, 1.165) is 13.0 Å². The van der Waals surface area contributed by atoms with Crippen molar-refractivity contribution in [2.75, 3.05) is 13.1 Å². The number of quaternary nitrogens is 1. The fourth-order valence-electron chi connectivity index (χ4n) is 3.31. The fourth-order valence-corrected chi connectivity index (χ4v) is 3.31. The highest BCUT2D eigenvalue weighted by molar-refractivity contribution is 5.76. The topological polar surface area (TPSA) is 33.5 Å². The second-order valence-corrected chi connectivity index (χ2v) is 6.71. The van der Waals surface area contributed by atoms with Crippen LogP contribution in [-0.2, 0) is 24.3 Å². The molecular formula is C21H27N2O+. The molecule has 24 heavy (non-hydrogen) atoms. The highest BCUT2D eigenvalue weighted by atomic mass is 16.1. The molecule has 126 valence electrons. The highest BCUT2D eigenvalue weighted by Crippen LogP contribution is 2.05. The van der Waals surface area contributed by atoms with E-state index >= 15 is 0 Å². The third kappa shape index (κ3) is 5.20. The molecule has 1 heterocycles. The van der Waals surface area contributed by atoms with Gasteiger partial charge in [-0.15, -0.1) is 0 Å². The monoisotopic (exact) mass is 323 g/mol. The van der Waals surface area contributed by atoms with Gasteiger partial charge in [-0.1, -0.05) is 54.6 Å². The van der Waals surface area contributed by atoms with Crippen molar-refractivity contribution >= 4 is 5.91 Å². The summed E-state index contributed by atoms with van der Waals surface area (Å²) in [6.07, 6.45) is 4.06. The van der Waals surface area contributed by atoms with Crippen molar-refractivity contribution in [1.29, 1.82) is 0 Å². The molecule has 0 aliphatic carbocycles. The molecule has 1 amide bonds. The van der Waals surface area contributed by atoms with Gasteiger partial charge in [0, 0.05) is 31.4 Å². The summed E-state index contributed by atoms with van der Waals surface area (Å²) in [5.41, 5.74) is 3.77. The second kappa shape index (κ2) is 8.65. The van der Waals surface area contributed by atoms with Crippen LogP contribution in [0.5, 0.6) is 0 Å². The lowest BCUT2D eigenvalue weighted by atomic mass is 10.1. The van der Waals surface area contributed by atoms with Crippen molar-refractivity contribution in [3.05, 3.63) is 71.3 Å². The van der Waals surface area contributed by atoms with Crippen LogP contribution < -0.4 is 10.2 Å². The van der Waals surface area contributed by atoms with E-state index in [1.807, 2.05) is 18.2 Å². The maximum Gasteiger partial charge on any atom is 0.220 e. The molecular weight excluding hydrogens is 296 g/mol. The Morgan fingerprint density at radius 2 is 1.54 bits per heavy atom. The summed E-state index contributed by atoms with van der Waals surface area (Å²) in [6.45, 7) is 4.35. The van der Waals surface area contributed by atoms with Gasteiger partial charge in [0.1, 0.15) is 6.54 Å². The first-order valence-electron chi connectivity index (χ1n) is 9.01. The van der Waals surface area contributed by atoms with Crippen LogP contribution >= 0.6 is 0 Å². The minimum absolute atomic E-state index is 0.115. The van der Waals surface area contributed by atoms with Crippen LogP contribution in [-0.4, -0.2) is 19.0 Å². The summed E-state index contributed by atoms with van der Waals surface area (Å²) in [5, 5.41) is 3.02. The van der Waals surface area contributed by atoms with E-state index in [4.69, 9.17) is 0 Å². The van der Waals surface area contributed by atoms with Gasteiger partial charge in [-0.05, 0) is 17.5 Å². The van der Waals surface area contributed by atoms with Crippen molar-refractivity contribution in [1.82, 2.24) is 5.32 Å². The number of hydrogen-bond donors (Lipinski definition) is 2. The van der Waals surface area contributed by atoms with Crippen LogP contribution in [0.25, 0.3) is 0 Å². The zero-order valence-electron chi connectivity index (χ0n) is 14.3. The Labute approximate surface area is 144 Å². The standard InChI is InChI=1S/C21H26N2O/c24-21(13-12-18-6-2-1-3-7-18)22-16-19-8-10-20(11-9-19)17-23-14-4-5-15-23/h1-3,6-11H,4-5,12-17H2,(H,22,24)/p+1. The molecule has 1 fully saturated rings. The van der Waals surface area contributed by atoms with Crippen LogP contribution in [0.3, 0.4) is 0 Å². The van der Waals surface area contributed by atoms with E-state index in [2.05, 4.69) is 41.7 Å². The molecule has 0 unspecified atom stereocenters. The van der Waals surface area contributed by atoms with Crippen LogP contribution in [0, 0.1) is 0 Å². The number of aryl methyl sites for hydroxylation is 1. The third-order valence-corrected chi connectivity index (χ3v) is 4.76. The van der Waals surface area contributed by atoms with E-state index in [0.29, 0.717) is 13.0 Å². The number of carbonyl (C=O) groups excluding carboxylic acids is 1. The lowest BCUT2D eigenvalue weighted by molar-refractivity contribution is -0.901. The second-order valence-electron chi connectivity index (χ2n) is 6.71. The van der Waals surface area contributed by atoms with Crippen LogP contribution in [0.4, 0.5) is 0 Å². The Morgan fingerprint density at radius 1 is 0.875 bits per heavy atom. The molecule has 3 nitrogen and oxygen atoms in total. The minimum Gasteiger partial charge on any atom is -0.352 e. The number of benzene rings is 2. The average molecular weight is 323 g/mol. The van der Waals surface area contributed by atoms with E-state index in [-0.39, 0.29) is 5.91 Å². The number of likely N-dealkylation sites (tertiary alicyclic amines) is 1. The summed E-state index contributed by atoms with van der Waals surface area (Å²) in [4.78, 5) is 13.7. The van der Waals surface area contributed by atoms with E-state index in [1.54, 1.807) is 4.90 Å². The summed E-state index contributed by atoms with van der Waals surface area (Å²) >= 11 is 0. The molecule has 0 aromatic heterocycles. The highest BCUT2D eigenvalue weighted by Gasteiger charge is 2.15. The molecule has 1 saturated heterocycles. The van der Waals surface area contributed by atoms with Crippen LogP contribution in [0.1, 0.15) is 36.0 Å². The Kier molecular flexibility index (Phi) is 6.02. The predicted molar refractivity (Wildman–Crippen MR) is 96.7 cm³/mol. The zero-order valence-corrected chi connectivity index (χ0v) is 14.3. The van der Waals surface area contributed by atoms with Gasteiger partial charge in [0.2, 0.25) is 5.91 Å². The number of carbonyl (C=O) groups is 1.